The first kappa shape index (κ1) is 21.2. The topological polar surface area (TPSA) is 52.6 Å². The van der Waals surface area contributed by atoms with Crippen molar-refractivity contribution in [1.82, 2.24) is 15.6 Å². The number of benzene rings is 1. The summed E-state index contributed by atoms with van der Waals surface area (Å²) in [4.78, 5) is 11.2. The lowest BCUT2D eigenvalue weighted by Crippen LogP contribution is -2.49. The highest BCUT2D eigenvalue weighted by atomic mass is 127. The van der Waals surface area contributed by atoms with E-state index in [1.165, 1.54) is 5.56 Å². The van der Waals surface area contributed by atoms with Crippen LogP contribution < -0.4 is 15.5 Å². The molecule has 2 fully saturated rings. The molecule has 2 heterocycles. The third-order valence-electron chi connectivity index (χ3n) is 5.42. The molecule has 28 heavy (non-hydrogen) atoms. The number of pyridine rings is 1. The van der Waals surface area contributed by atoms with E-state index in [-0.39, 0.29) is 24.0 Å². The number of hydrogen-bond donors (Lipinski definition) is 2. The molecular weight excluding hydrogens is 485 g/mol. The SMILES string of the molecule is CN=C(NC1CCN(c2ccccn2)CC1)NC1CC1c1cccc(Cl)c1.I. The smallest absolute Gasteiger partial charge is 0.191 e. The zero-order valence-electron chi connectivity index (χ0n) is 16.0. The van der Waals surface area contributed by atoms with E-state index >= 15 is 0 Å². The van der Waals surface area contributed by atoms with Gasteiger partial charge < -0.3 is 15.5 Å². The van der Waals surface area contributed by atoms with Crippen LogP contribution in [0.5, 0.6) is 0 Å². The number of nitrogens with one attached hydrogen (secondary N) is 2. The highest BCUT2D eigenvalue weighted by Crippen LogP contribution is 2.41. The number of halogens is 2. The van der Waals surface area contributed by atoms with Gasteiger partial charge in [0.05, 0.1) is 0 Å². The predicted molar refractivity (Wildman–Crippen MR) is 127 cm³/mol. The van der Waals surface area contributed by atoms with E-state index in [0.717, 1.165) is 49.2 Å². The zero-order chi connectivity index (χ0) is 18.6. The van der Waals surface area contributed by atoms with Gasteiger partial charge >= 0.3 is 0 Å². The van der Waals surface area contributed by atoms with Crippen LogP contribution in [0.4, 0.5) is 5.82 Å². The monoisotopic (exact) mass is 511 g/mol. The van der Waals surface area contributed by atoms with E-state index in [1.807, 2.05) is 37.5 Å². The third kappa shape index (κ3) is 5.29. The van der Waals surface area contributed by atoms with Crippen molar-refractivity contribution in [3.05, 3.63) is 59.2 Å². The van der Waals surface area contributed by atoms with Crippen molar-refractivity contribution < 1.29 is 0 Å². The summed E-state index contributed by atoms with van der Waals surface area (Å²) in [7, 11) is 1.84. The van der Waals surface area contributed by atoms with Crippen molar-refractivity contribution in [3.63, 3.8) is 0 Å². The van der Waals surface area contributed by atoms with Crippen LogP contribution in [0.25, 0.3) is 0 Å². The van der Waals surface area contributed by atoms with Crippen LogP contribution in [0, 0.1) is 0 Å². The maximum absolute atomic E-state index is 6.12. The van der Waals surface area contributed by atoms with Gasteiger partial charge in [0.2, 0.25) is 0 Å². The van der Waals surface area contributed by atoms with Crippen molar-refractivity contribution in [2.45, 2.75) is 37.3 Å². The Labute approximate surface area is 189 Å². The van der Waals surface area contributed by atoms with Gasteiger partial charge in [-0.3, -0.25) is 4.99 Å². The molecular formula is C21H27ClIN5. The first-order valence-electron chi connectivity index (χ1n) is 9.64. The van der Waals surface area contributed by atoms with Gasteiger partial charge in [-0.15, -0.1) is 24.0 Å². The van der Waals surface area contributed by atoms with Crippen molar-refractivity contribution in [1.29, 1.82) is 0 Å². The van der Waals surface area contributed by atoms with Gasteiger partial charge in [0.1, 0.15) is 5.82 Å². The molecule has 2 aromatic rings. The van der Waals surface area contributed by atoms with Crippen LogP contribution in [0.1, 0.15) is 30.7 Å². The van der Waals surface area contributed by atoms with E-state index in [2.05, 4.69) is 43.7 Å². The summed E-state index contributed by atoms with van der Waals surface area (Å²) in [5, 5.41) is 7.97. The molecule has 1 aliphatic heterocycles. The van der Waals surface area contributed by atoms with E-state index in [1.54, 1.807) is 0 Å². The fourth-order valence-corrected chi connectivity index (χ4v) is 3.99. The van der Waals surface area contributed by atoms with Gasteiger partial charge in [-0.1, -0.05) is 29.8 Å². The number of hydrogen-bond acceptors (Lipinski definition) is 3. The number of piperidine rings is 1. The summed E-state index contributed by atoms with van der Waals surface area (Å²) in [5.41, 5.74) is 1.30. The van der Waals surface area contributed by atoms with E-state index in [9.17, 15) is 0 Å². The highest BCUT2D eigenvalue weighted by molar-refractivity contribution is 14.0. The molecule has 1 saturated heterocycles. The van der Waals surface area contributed by atoms with Crippen LogP contribution >= 0.6 is 35.6 Å². The van der Waals surface area contributed by atoms with Crippen molar-refractivity contribution in [3.8, 4) is 0 Å². The van der Waals surface area contributed by atoms with Crippen LogP contribution in [-0.4, -0.2) is 43.2 Å². The van der Waals surface area contributed by atoms with Crippen LogP contribution in [0.15, 0.2) is 53.7 Å². The minimum atomic E-state index is 0. The molecule has 4 rings (SSSR count). The highest BCUT2D eigenvalue weighted by Gasteiger charge is 2.39. The summed E-state index contributed by atoms with van der Waals surface area (Å²) >= 11 is 6.12. The minimum Gasteiger partial charge on any atom is -0.356 e. The Morgan fingerprint density at radius 1 is 1.14 bits per heavy atom. The quantitative estimate of drug-likeness (QED) is 0.370. The molecule has 0 spiro atoms. The Morgan fingerprint density at radius 3 is 2.64 bits per heavy atom. The van der Waals surface area contributed by atoms with Crippen LogP contribution in [0.2, 0.25) is 5.02 Å². The molecule has 5 nitrogen and oxygen atoms in total. The molecule has 1 saturated carbocycles. The number of nitrogens with zero attached hydrogens (tertiary/aromatic N) is 3. The number of guanidine groups is 1. The Kier molecular flexibility index (Phi) is 7.40. The molecule has 2 atom stereocenters. The third-order valence-corrected chi connectivity index (χ3v) is 5.66. The number of rotatable bonds is 4. The first-order valence-corrected chi connectivity index (χ1v) is 10.0. The summed E-state index contributed by atoms with van der Waals surface area (Å²) in [6.45, 7) is 2.03. The molecule has 0 amide bonds. The average Bonchev–Trinajstić information content (AvgIpc) is 3.48. The summed E-state index contributed by atoms with van der Waals surface area (Å²) in [6, 6.07) is 15.1. The van der Waals surface area contributed by atoms with Crippen molar-refractivity contribution in [2.75, 3.05) is 25.0 Å². The van der Waals surface area contributed by atoms with Gasteiger partial charge in [0, 0.05) is 49.4 Å². The minimum absolute atomic E-state index is 0. The maximum Gasteiger partial charge on any atom is 0.191 e. The lowest BCUT2D eigenvalue weighted by Gasteiger charge is -2.33. The second kappa shape index (κ2) is 9.78. The first-order chi connectivity index (χ1) is 13.2. The predicted octanol–water partition coefficient (Wildman–Crippen LogP) is 4.04. The zero-order valence-corrected chi connectivity index (χ0v) is 19.1. The van der Waals surface area contributed by atoms with E-state index in [4.69, 9.17) is 11.6 Å². The lowest BCUT2D eigenvalue weighted by molar-refractivity contribution is 0.459. The number of aromatic nitrogens is 1. The molecule has 1 aromatic heterocycles. The molecule has 7 heteroatoms. The Bertz CT molecular complexity index is 792. The summed E-state index contributed by atoms with van der Waals surface area (Å²) < 4.78 is 0. The van der Waals surface area contributed by atoms with E-state index in [0.29, 0.717) is 18.0 Å². The Hall–Kier alpha value is -1.54. The van der Waals surface area contributed by atoms with Gasteiger partial charge in [-0.25, -0.2) is 4.98 Å². The standard InChI is InChI=1S/C21H26ClN5.HI/c1-23-21(26-19-14-18(19)15-5-4-6-16(22)13-15)25-17-8-11-27(12-9-17)20-7-2-3-10-24-20;/h2-7,10,13,17-19H,8-9,11-12,14H2,1H3,(H2,23,25,26);1H. The molecule has 2 aliphatic rings. The van der Waals surface area contributed by atoms with Gasteiger partial charge in [-0.2, -0.15) is 0 Å². The molecule has 0 radical (unpaired) electrons. The number of anilines is 1. The van der Waals surface area contributed by atoms with Crippen molar-refractivity contribution in [2.24, 2.45) is 4.99 Å². The van der Waals surface area contributed by atoms with Gasteiger partial charge in [-0.05, 0) is 49.1 Å². The Morgan fingerprint density at radius 2 is 1.96 bits per heavy atom. The fourth-order valence-electron chi connectivity index (χ4n) is 3.79. The maximum atomic E-state index is 6.12. The molecule has 150 valence electrons. The molecule has 2 N–H and O–H groups in total. The van der Waals surface area contributed by atoms with Gasteiger partial charge in [0.15, 0.2) is 5.96 Å². The van der Waals surface area contributed by atoms with Gasteiger partial charge in [0.25, 0.3) is 0 Å². The number of aliphatic imine (C=N–C) groups is 1. The van der Waals surface area contributed by atoms with Crippen molar-refractivity contribution >= 4 is 47.4 Å². The summed E-state index contributed by atoms with van der Waals surface area (Å²) in [6.07, 6.45) is 5.15. The molecule has 1 aliphatic carbocycles. The lowest BCUT2D eigenvalue weighted by atomic mass is 10.1. The fraction of sp³-hybridized carbons (Fsp3) is 0.429. The largest absolute Gasteiger partial charge is 0.356 e. The normalized spacial score (nSPS) is 22.4. The Balaban J connectivity index is 0.00000225. The molecule has 1 aromatic carbocycles. The second-order valence-corrected chi connectivity index (χ2v) is 7.75. The molecule has 0 bridgehead atoms. The molecule has 2 unspecified atom stereocenters. The summed E-state index contributed by atoms with van der Waals surface area (Å²) in [5.74, 6) is 2.50. The second-order valence-electron chi connectivity index (χ2n) is 7.31. The van der Waals surface area contributed by atoms with Crippen LogP contribution in [0.3, 0.4) is 0 Å². The average molecular weight is 512 g/mol. The van der Waals surface area contributed by atoms with Crippen LogP contribution in [-0.2, 0) is 0 Å². The van der Waals surface area contributed by atoms with E-state index < -0.39 is 0 Å².